The molecule has 29 heavy (non-hydrogen) atoms. The Labute approximate surface area is 169 Å². The molecule has 0 unspecified atom stereocenters. The van der Waals surface area contributed by atoms with Crippen molar-refractivity contribution in [1.29, 1.82) is 5.26 Å². The van der Waals surface area contributed by atoms with Gasteiger partial charge in [-0.2, -0.15) is 5.26 Å². The lowest BCUT2D eigenvalue weighted by Gasteiger charge is -2.14. The van der Waals surface area contributed by atoms with Crippen LogP contribution in [0.5, 0.6) is 0 Å². The van der Waals surface area contributed by atoms with Gasteiger partial charge in [0.05, 0.1) is 19.3 Å². The molecule has 0 N–H and O–H groups in total. The lowest BCUT2D eigenvalue weighted by Crippen LogP contribution is -1.97. The van der Waals surface area contributed by atoms with Crippen LogP contribution in [0.1, 0.15) is 16.7 Å². The van der Waals surface area contributed by atoms with Gasteiger partial charge in [-0.3, -0.25) is 0 Å². The molecule has 0 spiro atoms. The molecule has 0 amide bonds. The summed E-state index contributed by atoms with van der Waals surface area (Å²) in [6.07, 6.45) is 3.33. The zero-order valence-corrected chi connectivity index (χ0v) is 15.9. The van der Waals surface area contributed by atoms with Crippen molar-refractivity contribution in [2.75, 3.05) is 0 Å². The molecule has 0 saturated carbocycles. The van der Waals surface area contributed by atoms with Crippen LogP contribution in [0.4, 0.5) is 0 Å². The summed E-state index contributed by atoms with van der Waals surface area (Å²) in [5, 5.41) is 16.5. The van der Waals surface area contributed by atoms with E-state index in [-0.39, 0.29) is 0 Å². The third kappa shape index (κ3) is 3.12. The van der Waals surface area contributed by atoms with E-state index in [0.717, 1.165) is 11.1 Å². The highest BCUT2D eigenvalue weighted by Crippen LogP contribution is 2.36. The Balaban J connectivity index is 1.48. The molecular formula is C27H19NO. The first-order valence-corrected chi connectivity index (χ1v) is 9.72. The van der Waals surface area contributed by atoms with Crippen LogP contribution in [-0.2, 0) is 18.0 Å². The van der Waals surface area contributed by atoms with Crippen molar-refractivity contribution >= 4 is 38.4 Å². The SMILES string of the molecule is N#C/C=C/c1ccccc1COCc1ccc2ccc3cccc4ccc1c2c34. The van der Waals surface area contributed by atoms with Crippen LogP contribution in [-0.4, -0.2) is 0 Å². The Morgan fingerprint density at radius 2 is 1.38 bits per heavy atom. The van der Waals surface area contributed by atoms with E-state index in [1.807, 2.05) is 36.4 Å². The second-order valence-electron chi connectivity index (χ2n) is 7.23. The second kappa shape index (κ2) is 7.39. The normalized spacial score (nSPS) is 11.7. The first kappa shape index (κ1) is 17.4. The smallest absolute Gasteiger partial charge is 0.0912 e. The summed E-state index contributed by atoms with van der Waals surface area (Å²) in [5.41, 5.74) is 3.29. The standard InChI is InChI=1S/C27H19NO/c28-16-4-9-19-5-1-2-6-23(19)17-29-18-24-13-12-22-11-10-20-7-3-8-21-14-15-25(24)27(22)26(20)21/h1-15H,17-18H2/b9-4+. The molecule has 5 aromatic carbocycles. The predicted molar refractivity (Wildman–Crippen MR) is 120 cm³/mol. The molecule has 0 saturated heterocycles. The summed E-state index contributed by atoms with van der Waals surface area (Å²) in [6, 6.07) is 29.7. The highest BCUT2D eigenvalue weighted by molar-refractivity contribution is 6.23. The average molecular weight is 373 g/mol. The van der Waals surface area contributed by atoms with E-state index < -0.39 is 0 Å². The molecule has 2 nitrogen and oxygen atoms in total. The molecule has 0 fully saturated rings. The minimum atomic E-state index is 0.508. The topological polar surface area (TPSA) is 33.0 Å². The van der Waals surface area contributed by atoms with Crippen LogP contribution in [0.3, 0.4) is 0 Å². The molecule has 0 aliphatic heterocycles. The fourth-order valence-corrected chi connectivity index (χ4v) is 4.15. The summed E-state index contributed by atoms with van der Waals surface area (Å²) in [6.45, 7) is 1.05. The molecule has 5 rings (SSSR count). The first-order chi connectivity index (χ1) is 14.3. The number of hydrogen-bond acceptors (Lipinski definition) is 2. The molecule has 2 heteroatoms. The van der Waals surface area contributed by atoms with Crippen molar-refractivity contribution in [1.82, 2.24) is 0 Å². The van der Waals surface area contributed by atoms with E-state index in [1.165, 1.54) is 44.0 Å². The summed E-state index contributed by atoms with van der Waals surface area (Å²) in [4.78, 5) is 0. The van der Waals surface area contributed by atoms with Crippen LogP contribution < -0.4 is 0 Å². The largest absolute Gasteiger partial charge is 0.372 e. The van der Waals surface area contributed by atoms with E-state index in [1.54, 1.807) is 0 Å². The Kier molecular flexibility index (Phi) is 4.44. The number of nitriles is 1. The van der Waals surface area contributed by atoms with Crippen LogP contribution in [0, 0.1) is 11.3 Å². The number of rotatable bonds is 5. The molecule has 0 atom stereocenters. The number of ether oxygens (including phenoxy) is 1. The van der Waals surface area contributed by atoms with Crippen molar-refractivity contribution < 1.29 is 4.74 Å². The predicted octanol–water partition coefficient (Wildman–Crippen LogP) is 6.84. The Morgan fingerprint density at radius 1 is 0.690 bits per heavy atom. The van der Waals surface area contributed by atoms with Gasteiger partial charge in [-0.15, -0.1) is 0 Å². The second-order valence-corrected chi connectivity index (χ2v) is 7.23. The summed E-state index contributed by atoms with van der Waals surface area (Å²) in [7, 11) is 0. The number of nitrogens with zero attached hydrogens (tertiary/aromatic N) is 1. The van der Waals surface area contributed by atoms with Gasteiger partial charge in [0, 0.05) is 6.08 Å². The fourth-order valence-electron chi connectivity index (χ4n) is 4.15. The van der Waals surface area contributed by atoms with Gasteiger partial charge in [-0.25, -0.2) is 0 Å². The van der Waals surface area contributed by atoms with Gasteiger partial charge in [-0.1, -0.05) is 78.9 Å². The van der Waals surface area contributed by atoms with Crippen LogP contribution in [0.25, 0.3) is 38.4 Å². The molecule has 138 valence electrons. The van der Waals surface area contributed by atoms with Gasteiger partial charge in [0.15, 0.2) is 0 Å². The first-order valence-electron chi connectivity index (χ1n) is 9.72. The van der Waals surface area contributed by atoms with Crippen molar-refractivity contribution in [3.8, 4) is 6.07 Å². The molecule has 0 radical (unpaired) electrons. The molecule has 0 bridgehead atoms. The van der Waals surface area contributed by atoms with E-state index in [0.29, 0.717) is 13.2 Å². The van der Waals surface area contributed by atoms with Gasteiger partial charge in [-0.05, 0) is 55.1 Å². The quantitative estimate of drug-likeness (QED) is 0.250. The maximum atomic E-state index is 8.79. The van der Waals surface area contributed by atoms with Crippen molar-refractivity contribution in [2.24, 2.45) is 0 Å². The van der Waals surface area contributed by atoms with Gasteiger partial charge in [0.2, 0.25) is 0 Å². The molecule has 5 aromatic rings. The minimum absolute atomic E-state index is 0.508. The van der Waals surface area contributed by atoms with E-state index >= 15 is 0 Å². The van der Waals surface area contributed by atoms with Gasteiger partial charge < -0.3 is 4.74 Å². The monoisotopic (exact) mass is 373 g/mol. The number of allylic oxidation sites excluding steroid dienone is 1. The molecule has 0 aliphatic rings. The Hall–Kier alpha value is -3.67. The molecule has 0 heterocycles. The third-order valence-electron chi connectivity index (χ3n) is 5.53. The number of benzene rings is 5. The fraction of sp³-hybridized carbons (Fsp3) is 0.0741. The van der Waals surface area contributed by atoms with E-state index in [9.17, 15) is 0 Å². The molecule has 0 aliphatic carbocycles. The summed E-state index contributed by atoms with van der Waals surface area (Å²) >= 11 is 0. The van der Waals surface area contributed by atoms with E-state index in [2.05, 4.69) is 54.6 Å². The third-order valence-corrected chi connectivity index (χ3v) is 5.53. The zero-order chi connectivity index (χ0) is 19.6. The van der Waals surface area contributed by atoms with Crippen LogP contribution in [0.2, 0.25) is 0 Å². The minimum Gasteiger partial charge on any atom is -0.372 e. The maximum absolute atomic E-state index is 8.79. The molecular weight excluding hydrogens is 354 g/mol. The zero-order valence-electron chi connectivity index (χ0n) is 15.9. The highest BCUT2D eigenvalue weighted by atomic mass is 16.5. The van der Waals surface area contributed by atoms with Gasteiger partial charge in [0.25, 0.3) is 0 Å². The van der Waals surface area contributed by atoms with E-state index in [4.69, 9.17) is 10.00 Å². The van der Waals surface area contributed by atoms with Gasteiger partial charge >= 0.3 is 0 Å². The number of hydrogen-bond donors (Lipinski definition) is 0. The molecule has 0 aromatic heterocycles. The highest BCUT2D eigenvalue weighted by Gasteiger charge is 2.11. The summed E-state index contributed by atoms with van der Waals surface area (Å²) < 4.78 is 6.10. The van der Waals surface area contributed by atoms with Crippen molar-refractivity contribution in [3.05, 3.63) is 102 Å². The Bertz CT molecular complexity index is 1380. The van der Waals surface area contributed by atoms with Crippen molar-refractivity contribution in [2.45, 2.75) is 13.2 Å². The van der Waals surface area contributed by atoms with Gasteiger partial charge in [0.1, 0.15) is 0 Å². The Morgan fingerprint density at radius 3 is 2.21 bits per heavy atom. The average Bonchev–Trinajstić information content (AvgIpc) is 2.77. The summed E-state index contributed by atoms with van der Waals surface area (Å²) in [5.74, 6) is 0. The maximum Gasteiger partial charge on any atom is 0.0912 e. The van der Waals surface area contributed by atoms with Crippen molar-refractivity contribution in [3.63, 3.8) is 0 Å². The van der Waals surface area contributed by atoms with Crippen LogP contribution in [0.15, 0.2) is 84.9 Å². The lowest BCUT2D eigenvalue weighted by molar-refractivity contribution is 0.108. The lowest BCUT2D eigenvalue weighted by atomic mass is 9.92. The van der Waals surface area contributed by atoms with Crippen LogP contribution >= 0.6 is 0 Å².